The Morgan fingerprint density at radius 3 is 2.93 bits per heavy atom. The summed E-state index contributed by atoms with van der Waals surface area (Å²) in [4.78, 5) is 8.35. The molecule has 74 valence electrons. The second-order valence-electron chi connectivity index (χ2n) is 2.40. The van der Waals surface area contributed by atoms with Crippen molar-refractivity contribution in [3.05, 3.63) is 36.5 Å². The van der Waals surface area contributed by atoms with Crippen LogP contribution in [0, 0.1) is 0 Å². The largest absolute Gasteiger partial charge is 0.281 e. The van der Waals surface area contributed by atoms with Crippen LogP contribution in [0.15, 0.2) is 46.6 Å². The second kappa shape index (κ2) is 6.68. The van der Waals surface area contributed by atoms with Gasteiger partial charge in [0.25, 0.3) is 0 Å². The second-order valence-corrected chi connectivity index (χ2v) is 4.57. The van der Waals surface area contributed by atoms with Crippen LogP contribution in [-0.4, -0.2) is 17.1 Å². The van der Waals surface area contributed by atoms with Crippen LogP contribution in [0.1, 0.15) is 6.92 Å². The van der Waals surface area contributed by atoms with E-state index in [1.54, 1.807) is 34.8 Å². The molecule has 0 aliphatic heterocycles. The zero-order chi connectivity index (χ0) is 10.2. The summed E-state index contributed by atoms with van der Waals surface area (Å²) < 4.78 is 0. The normalized spacial score (nSPS) is 12.3. The Morgan fingerprint density at radius 1 is 1.50 bits per heavy atom. The van der Waals surface area contributed by atoms with E-state index in [0.29, 0.717) is 0 Å². The van der Waals surface area contributed by atoms with Gasteiger partial charge in [-0.2, -0.15) is 0 Å². The molecule has 0 aliphatic rings. The Kier molecular flexibility index (Phi) is 5.40. The maximum atomic E-state index is 4.21. The molecule has 1 aromatic rings. The summed E-state index contributed by atoms with van der Waals surface area (Å²) in [5, 5.41) is 2.01. The third-order valence-corrected chi connectivity index (χ3v) is 3.64. The lowest BCUT2D eigenvalue weighted by Gasteiger charge is -1.98. The van der Waals surface area contributed by atoms with Gasteiger partial charge in [0, 0.05) is 13.2 Å². The van der Waals surface area contributed by atoms with Crippen molar-refractivity contribution in [2.75, 3.05) is 7.05 Å². The molecule has 14 heavy (non-hydrogen) atoms. The van der Waals surface area contributed by atoms with E-state index in [4.69, 9.17) is 0 Å². The third-order valence-electron chi connectivity index (χ3n) is 1.38. The Labute approximate surface area is 92.3 Å². The molecule has 0 N–H and O–H groups in total. The molecule has 1 heterocycles. The van der Waals surface area contributed by atoms with E-state index in [1.807, 2.05) is 37.3 Å². The number of nitrogens with zero attached hydrogens (tertiary/aromatic N) is 2. The van der Waals surface area contributed by atoms with Gasteiger partial charge >= 0.3 is 0 Å². The quantitative estimate of drug-likeness (QED) is 0.447. The first-order valence-corrected chi connectivity index (χ1v) is 6.37. The van der Waals surface area contributed by atoms with Crippen LogP contribution in [0.2, 0.25) is 0 Å². The van der Waals surface area contributed by atoms with Crippen LogP contribution in [-0.2, 0) is 0 Å². The molecule has 0 radical (unpaired) electrons. The maximum Gasteiger partial charge on any atom is 0.107 e. The minimum atomic E-state index is 1.00. The van der Waals surface area contributed by atoms with E-state index in [1.165, 1.54) is 0 Å². The molecule has 0 saturated carbocycles. The van der Waals surface area contributed by atoms with Crippen LogP contribution >= 0.6 is 21.6 Å². The lowest BCUT2D eigenvalue weighted by atomic mass is 10.5. The fourth-order valence-electron chi connectivity index (χ4n) is 0.764. The highest BCUT2D eigenvalue weighted by Gasteiger charge is 1.97. The van der Waals surface area contributed by atoms with Gasteiger partial charge in [0.05, 0.1) is 0 Å². The molecule has 4 heteroatoms. The van der Waals surface area contributed by atoms with Crippen molar-refractivity contribution in [3.63, 3.8) is 0 Å². The summed E-state index contributed by atoms with van der Waals surface area (Å²) in [5.41, 5.74) is 0. The summed E-state index contributed by atoms with van der Waals surface area (Å²) >= 11 is 0. The van der Waals surface area contributed by atoms with E-state index in [-0.39, 0.29) is 0 Å². The van der Waals surface area contributed by atoms with Gasteiger partial charge in [-0.15, -0.1) is 0 Å². The van der Waals surface area contributed by atoms with Crippen molar-refractivity contribution in [2.45, 2.75) is 11.9 Å². The molecular weight excluding hydrogens is 212 g/mol. The van der Waals surface area contributed by atoms with Crippen molar-refractivity contribution >= 4 is 26.6 Å². The summed E-state index contributed by atoms with van der Waals surface area (Å²) in [6.07, 6.45) is 5.76. The standard InChI is InChI=1S/C10H12N2S2/c1-3-6-9(11-2)13-14-10-7-4-5-8-12-10/h3-8H,1-2H3/b6-3-,11-9+. The minimum Gasteiger partial charge on any atom is -0.281 e. The highest BCUT2D eigenvalue weighted by molar-refractivity contribution is 8.82. The van der Waals surface area contributed by atoms with E-state index in [2.05, 4.69) is 9.98 Å². The topological polar surface area (TPSA) is 25.2 Å². The fourth-order valence-corrected chi connectivity index (χ4v) is 2.64. The number of rotatable bonds is 3. The number of aromatic nitrogens is 1. The van der Waals surface area contributed by atoms with Crippen LogP contribution < -0.4 is 0 Å². The highest BCUT2D eigenvalue weighted by atomic mass is 33.1. The molecule has 0 amide bonds. The first-order chi connectivity index (χ1) is 6.86. The zero-order valence-electron chi connectivity index (χ0n) is 8.18. The number of pyridine rings is 1. The van der Waals surface area contributed by atoms with Crippen LogP contribution in [0.3, 0.4) is 0 Å². The van der Waals surface area contributed by atoms with Gasteiger partial charge in [-0.25, -0.2) is 4.98 Å². The number of hydrogen-bond acceptors (Lipinski definition) is 4. The van der Waals surface area contributed by atoms with Gasteiger partial charge in [-0.05, 0) is 46.7 Å². The van der Waals surface area contributed by atoms with Crippen LogP contribution in [0.4, 0.5) is 0 Å². The smallest absolute Gasteiger partial charge is 0.107 e. The molecule has 0 fully saturated rings. The van der Waals surface area contributed by atoms with Gasteiger partial charge in [0.1, 0.15) is 10.1 Å². The monoisotopic (exact) mass is 224 g/mol. The Bertz CT molecular complexity index is 320. The summed E-state index contributed by atoms with van der Waals surface area (Å²) in [5.74, 6) is 0. The van der Waals surface area contributed by atoms with Gasteiger partial charge in [-0.3, -0.25) is 4.99 Å². The Balaban J connectivity index is 2.48. The molecule has 0 saturated heterocycles. The molecule has 1 aromatic heterocycles. The summed E-state index contributed by atoms with van der Waals surface area (Å²) in [7, 11) is 5.03. The van der Waals surface area contributed by atoms with Crippen molar-refractivity contribution in [1.29, 1.82) is 0 Å². The average molecular weight is 224 g/mol. The van der Waals surface area contributed by atoms with Gasteiger partial charge < -0.3 is 0 Å². The Morgan fingerprint density at radius 2 is 2.36 bits per heavy atom. The fraction of sp³-hybridized carbons (Fsp3) is 0.200. The van der Waals surface area contributed by atoms with E-state index in [9.17, 15) is 0 Å². The van der Waals surface area contributed by atoms with Gasteiger partial charge in [0.15, 0.2) is 0 Å². The van der Waals surface area contributed by atoms with Crippen molar-refractivity contribution in [2.24, 2.45) is 4.99 Å². The lowest BCUT2D eigenvalue weighted by molar-refractivity contribution is 1.14. The molecule has 0 spiro atoms. The van der Waals surface area contributed by atoms with E-state index in [0.717, 1.165) is 10.1 Å². The minimum absolute atomic E-state index is 1.00. The summed E-state index contributed by atoms with van der Waals surface area (Å²) in [6.45, 7) is 1.98. The molecule has 0 bridgehead atoms. The SMILES string of the molecule is C/C=C\C(=N/C)SSc1ccccn1. The van der Waals surface area contributed by atoms with Crippen molar-refractivity contribution < 1.29 is 0 Å². The maximum absolute atomic E-state index is 4.21. The molecule has 0 aliphatic carbocycles. The predicted octanol–water partition coefficient (Wildman–Crippen LogP) is 3.43. The summed E-state index contributed by atoms with van der Waals surface area (Å²) in [6, 6.07) is 5.88. The Hall–Kier alpha value is -0.740. The van der Waals surface area contributed by atoms with Crippen molar-refractivity contribution in [1.82, 2.24) is 4.98 Å². The molecule has 0 aromatic carbocycles. The first kappa shape index (κ1) is 11.3. The zero-order valence-corrected chi connectivity index (χ0v) is 9.81. The highest BCUT2D eigenvalue weighted by Crippen LogP contribution is 2.30. The third kappa shape index (κ3) is 3.98. The van der Waals surface area contributed by atoms with Gasteiger partial charge in [0.2, 0.25) is 0 Å². The lowest BCUT2D eigenvalue weighted by Crippen LogP contribution is -1.82. The number of allylic oxidation sites excluding steroid dienone is 1. The molecule has 2 nitrogen and oxygen atoms in total. The van der Waals surface area contributed by atoms with Crippen LogP contribution in [0.5, 0.6) is 0 Å². The average Bonchev–Trinajstić information content (AvgIpc) is 2.25. The van der Waals surface area contributed by atoms with E-state index >= 15 is 0 Å². The molecule has 0 unspecified atom stereocenters. The van der Waals surface area contributed by atoms with Crippen LogP contribution in [0.25, 0.3) is 0 Å². The first-order valence-electron chi connectivity index (χ1n) is 4.22. The van der Waals surface area contributed by atoms with E-state index < -0.39 is 0 Å². The molecular formula is C10H12N2S2. The van der Waals surface area contributed by atoms with Gasteiger partial charge in [-0.1, -0.05) is 12.1 Å². The number of hydrogen-bond donors (Lipinski definition) is 0. The predicted molar refractivity (Wildman–Crippen MR) is 65.9 cm³/mol. The van der Waals surface area contributed by atoms with Crippen molar-refractivity contribution in [3.8, 4) is 0 Å². The molecule has 1 rings (SSSR count). The molecule has 0 atom stereocenters. The number of aliphatic imine (C=N–C) groups is 1.